The maximum Gasteiger partial charge on any atom is 0.0688 e. The molecule has 1 heterocycles. The van der Waals surface area contributed by atoms with E-state index < -0.39 is 0 Å². The van der Waals surface area contributed by atoms with E-state index in [2.05, 4.69) is 29.2 Å². The third-order valence-electron chi connectivity index (χ3n) is 2.00. The second-order valence-electron chi connectivity index (χ2n) is 2.69. The Morgan fingerprint density at radius 3 is 2.91 bits per heavy atom. The Hall–Kier alpha value is 0.390. The molecule has 0 spiro atoms. The Morgan fingerprint density at radius 2 is 2.45 bits per heavy atom. The van der Waals surface area contributed by atoms with Crippen molar-refractivity contribution >= 4 is 22.6 Å². The van der Waals surface area contributed by atoms with Crippen molar-refractivity contribution in [3.63, 3.8) is 0 Å². The smallest absolute Gasteiger partial charge is 0.0688 e. The molecule has 1 aliphatic heterocycles. The normalized spacial score (nSPS) is 31.8. The molecule has 0 aliphatic carbocycles. The molecule has 0 aromatic heterocycles. The van der Waals surface area contributed by atoms with Gasteiger partial charge in [0, 0.05) is 19.6 Å². The Kier molecular flexibility index (Phi) is 3.81. The van der Waals surface area contributed by atoms with Gasteiger partial charge in [-0.1, -0.05) is 6.58 Å². The zero-order chi connectivity index (χ0) is 8.27. The lowest BCUT2D eigenvalue weighted by atomic mass is 9.99. The molecular weight excluding hydrogens is 255 g/mol. The molecule has 2 atom stereocenters. The van der Waals surface area contributed by atoms with Crippen molar-refractivity contribution in [1.82, 2.24) is 0 Å². The zero-order valence-corrected chi connectivity index (χ0v) is 8.84. The lowest BCUT2D eigenvalue weighted by molar-refractivity contribution is -0.0400. The highest BCUT2D eigenvalue weighted by Gasteiger charge is 2.26. The summed E-state index contributed by atoms with van der Waals surface area (Å²) in [7, 11) is 1.75. The number of halogens is 1. The van der Waals surface area contributed by atoms with E-state index in [0.29, 0.717) is 12.0 Å². The van der Waals surface area contributed by atoms with Crippen LogP contribution in [0.1, 0.15) is 6.42 Å². The number of hydrogen-bond donors (Lipinski definition) is 0. The van der Waals surface area contributed by atoms with Crippen LogP contribution in [0.15, 0.2) is 10.2 Å². The second-order valence-corrected chi connectivity index (χ2v) is 4.08. The summed E-state index contributed by atoms with van der Waals surface area (Å²) in [5.41, 5.74) is 0. The van der Waals surface area contributed by atoms with Crippen LogP contribution in [0.25, 0.3) is 0 Å². The van der Waals surface area contributed by atoms with Crippen LogP contribution in [0.2, 0.25) is 0 Å². The van der Waals surface area contributed by atoms with Gasteiger partial charge in [-0.15, -0.1) is 0 Å². The summed E-state index contributed by atoms with van der Waals surface area (Å²) in [6, 6.07) is 0. The molecule has 0 saturated carbocycles. The summed E-state index contributed by atoms with van der Waals surface area (Å²) in [6.45, 7) is 5.49. The molecule has 11 heavy (non-hydrogen) atoms. The van der Waals surface area contributed by atoms with Gasteiger partial charge in [-0.25, -0.2) is 0 Å². The van der Waals surface area contributed by atoms with Gasteiger partial charge in [0.25, 0.3) is 0 Å². The van der Waals surface area contributed by atoms with Gasteiger partial charge in [0.05, 0.1) is 12.7 Å². The van der Waals surface area contributed by atoms with Crippen LogP contribution in [-0.2, 0) is 9.47 Å². The highest BCUT2D eigenvalue weighted by Crippen LogP contribution is 2.27. The highest BCUT2D eigenvalue weighted by atomic mass is 127. The first-order valence-corrected chi connectivity index (χ1v) is 4.78. The zero-order valence-electron chi connectivity index (χ0n) is 6.68. The summed E-state index contributed by atoms with van der Waals surface area (Å²) in [6.07, 6.45) is 1.30. The van der Waals surface area contributed by atoms with Gasteiger partial charge in [-0.2, -0.15) is 0 Å². The molecule has 0 aromatic rings. The Labute approximate surface area is 81.1 Å². The van der Waals surface area contributed by atoms with Crippen molar-refractivity contribution in [3.05, 3.63) is 10.2 Å². The van der Waals surface area contributed by atoms with E-state index in [1.807, 2.05) is 0 Å². The van der Waals surface area contributed by atoms with Gasteiger partial charge in [0.1, 0.15) is 0 Å². The number of hydrogen-bond acceptors (Lipinski definition) is 2. The summed E-state index contributed by atoms with van der Waals surface area (Å²) in [4.78, 5) is 0. The molecule has 0 bridgehead atoms. The van der Waals surface area contributed by atoms with Crippen LogP contribution in [0.5, 0.6) is 0 Å². The van der Waals surface area contributed by atoms with Gasteiger partial charge in [-0.05, 0) is 32.6 Å². The van der Waals surface area contributed by atoms with E-state index in [4.69, 9.17) is 9.47 Å². The van der Waals surface area contributed by atoms with Crippen molar-refractivity contribution in [2.24, 2.45) is 5.92 Å². The summed E-state index contributed by atoms with van der Waals surface area (Å²) < 4.78 is 11.8. The summed E-state index contributed by atoms with van der Waals surface area (Å²) in [5, 5.41) is 0. The van der Waals surface area contributed by atoms with E-state index in [9.17, 15) is 0 Å². The fraction of sp³-hybridized carbons (Fsp3) is 0.750. The van der Waals surface area contributed by atoms with Gasteiger partial charge in [-0.3, -0.25) is 0 Å². The minimum atomic E-state index is 0.313. The number of methoxy groups -OCH3 is 1. The van der Waals surface area contributed by atoms with Gasteiger partial charge >= 0.3 is 0 Å². The summed E-state index contributed by atoms with van der Waals surface area (Å²) >= 11 is 2.25. The molecule has 0 N–H and O–H groups in total. The quantitative estimate of drug-likeness (QED) is 0.713. The third kappa shape index (κ3) is 2.42. The van der Waals surface area contributed by atoms with Crippen LogP contribution in [0.3, 0.4) is 0 Å². The van der Waals surface area contributed by atoms with E-state index in [1.165, 1.54) is 0 Å². The second kappa shape index (κ2) is 4.42. The average Bonchev–Trinajstić information content (AvgIpc) is 2.04. The van der Waals surface area contributed by atoms with Crippen LogP contribution in [0.4, 0.5) is 0 Å². The van der Waals surface area contributed by atoms with Gasteiger partial charge in [0.2, 0.25) is 0 Å². The first-order valence-electron chi connectivity index (χ1n) is 3.70. The molecule has 0 aromatic carbocycles. The molecule has 3 heteroatoms. The van der Waals surface area contributed by atoms with Crippen molar-refractivity contribution in [1.29, 1.82) is 0 Å². The third-order valence-corrected chi connectivity index (χ3v) is 2.80. The predicted molar refractivity (Wildman–Crippen MR) is 52.9 cm³/mol. The topological polar surface area (TPSA) is 18.5 Å². The summed E-state index contributed by atoms with van der Waals surface area (Å²) in [5.74, 6) is 0.384. The molecule has 1 saturated heterocycles. The monoisotopic (exact) mass is 268 g/mol. The molecule has 0 unspecified atom stereocenters. The van der Waals surface area contributed by atoms with Crippen LogP contribution >= 0.6 is 22.6 Å². The van der Waals surface area contributed by atoms with E-state index in [0.717, 1.165) is 23.2 Å². The number of ether oxygens (including phenoxy) is 2. The minimum absolute atomic E-state index is 0.313. The molecule has 0 amide bonds. The molecule has 2 nitrogen and oxygen atoms in total. The largest absolute Gasteiger partial charge is 0.381 e. The van der Waals surface area contributed by atoms with Crippen molar-refractivity contribution in [2.75, 3.05) is 20.3 Å². The van der Waals surface area contributed by atoms with Crippen molar-refractivity contribution in [2.45, 2.75) is 12.5 Å². The fourth-order valence-electron chi connectivity index (χ4n) is 1.29. The molecule has 1 fully saturated rings. The van der Waals surface area contributed by atoms with Crippen LogP contribution in [-0.4, -0.2) is 26.4 Å². The van der Waals surface area contributed by atoms with E-state index >= 15 is 0 Å². The Morgan fingerprint density at radius 1 is 1.73 bits per heavy atom. The first kappa shape index (κ1) is 9.48. The molecule has 64 valence electrons. The van der Waals surface area contributed by atoms with Crippen LogP contribution < -0.4 is 0 Å². The maximum absolute atomic E-state index is 5.33. The predicted octanol–water partition coefficient (Wildman–Crippen LogP) is 1.99. The highest BCUT2D eigenvalue weighted by molar-refractivity contribution is 14.1. The molecular formula is C8H13IO2. The molecule has 1 rings (SSSR count). The van der Waals surface area contributed by atoms with Gasteiger partial charge < -0.3 is 9.47 Å². The molecule has 0 radical (unpaired) electrons. The van der Waals surface area contributed by atoms with Crippen molar-refractivity contribution < 1.29 is 9.47 Å². The van der Waals surface area contributed by atoms with E-state index in [1.54, 1.807) is 7.11 Å². The lowest BCUT2D eigenvalue weighted by Gasteiger charge is -2.29. The minimum Gasteiger partial charge on any atom is -0.381 e. The van der Waals surface area contributed by atoms with Crippen LogP contribution in [0, 0.1) is 5.92 Å². The maximum atomic E-state index is 5.33. The Balaban J connectivity index is 2.51. The standard InChI is InChI=1S/C8H13IO2/c1-6(9)7-5-11-4-3-8(7)10-2/h7-8H,1,3-5H2,2H3/t7-,8-/m0/s1. The fourth-order valence-corrected chi connectivity index (χ4v) is 1.87. The lowest BCUT2D eigenvalue weighted by Crippen LogP contribution is -2.33. The SMILES string of the molecule is C=C(I)[C@@H]1COCC[C@@H]1OC. The Bertz CT molecular complexity index is 147. The first-order chi connectivity index (χ1) is 5.25. The number of rotatable bonds is 2. The van der Waals surface area contributed by atoms with Gasteiger partial charge in [0.15, 0.2) is 0 Å². The van der Waals surface area contributed by atoms with E-state index in [-0.39, 0.29) is 0 Å². The molecule has 1 aliphatic rings. The average molecular weight is 268 g/mol. The van der Waals surface area contributed by atoms with Crippen molar-refractivity contribution in [3.8, 4) is 0 Å².